The molecule has 1 aromatic carbocycles. The third-order valence-electron chi connectivity index (χ3n) is 3.04. The molecule has 0 aliphatic heterocycles. The third kappa shape index (κ3) is 6.98. The average Bonchev–Trinajstić information content (AvgIpc) is 2.96. The fourth-order valence-electron chi connectivity index (χ4n) is 2.29. The molecule has 4 heteroatoms. The van der Waals surface area contributed by atoms with E-state index in [1.54, 1.807) is 28.9 Å². The summed E-state index contributed by atoms with van der Waals surface area (Å²) in [6.07, 6.45) is 11.1. The quantitative estimate of drug-likeness (QED) is 0.426. The van der Waals surface area contributed by atoms with Gasteiger partial charge in [-0.2, -0.15) is 22.8 Å². The van der Waals surface area contributed by atoms with Gasteiger partial charge in [-0.3, -0.25) is 0 Å². The summed E-state index contributed by atoms with van der Waals surface area (Å²) >= 11 is 1.74. The predicted molar refractivity (Wildman–Crippen MR) is 79.3 cm³/mol. The molecule has 0 saturated carbocycles. The Labute approximate surface area is 151 Å². The van der Waals surface area contributed by atoms with Gasteiger partial charge in [-0.25, -0.2) is 6.07 Å². The Bertz CT molecular complexity index is 445. The third-order valence-corrected chi connectivity index (χ3v) is 3.04. The van der Waals surface area contributed by atoms with E-state index in [0.717, 1.165) is 12.8 Å². The van der Waals surface area contributed by atoms with Gasteiger partial charge in [0.2, 0.25) is 0 Å². The normalized spacial score (nSPS) is 12.3. The van der Waals surface area contributed by atoms with E-state index in [-0.39, 0.29) is 30.2 Å². The molecule has 0 nitrogen and oxygen atoms in total. The molecule has 0 bridgehead atoms. The van der Waals surface area contributed by atoms with Crippen molar-refractivity contribution in [2.24, 2.45) is 0 Å². The minimum absolute atomic E-state index is 0. The Morgan fingerprint density at radius 1 is 1.15 bits per heavy atom. The van der Waals surface area contributed by atoms with E-state index >= 15 is 0 Å². The molecule has 1 aliphatic rings. The Kier molecular flexibility index (Phi) is 13.8. The smallest absolute Gasteiger partial charge is 1.00 e. The van der Waals surface area contributed by atoms with Crippen LogP contribution < -0.4 is 24.8 Å². The summed E-state index contributed by atoms with van der Waals surface area (Å²) in [6.45, 7) is 9.10. The van der Waals surface area contributed by atoms with Crippen LogP contribution in [0.25, 0.3) is 0 Å². The monoisotopic (exact) mass is 403 g/mol. The molecule has 0 heterocycles. The van der Waals surface area contributed by atoms with E-state index in [1.807, 2.05) is 0 Å². The van der Waals surface area contributed by atoms with Crippen molar-refractivity contribution in [1.29, 1.82) is 0 Å². The van der Waals surface area contributed by atoms with Gasteiger partial charge < -0.3 is 24.8 Å². The molecule has 0 atom stereocenters. The molecule has 20 heavy (non-hydrogen) atoms. The van der Waals surface area contributed by atoms with Gasteiger partial charge in [0.25, 0.3) is 0 Å². The molecule has 0 aromatic heterocycles. The largest absolute Gasteiger partial charge is 1.00 e. The van der Waals surface area contributed by atoms with Crippen LogP contribution in [0.15, 0.2) is 36.4 Å². The van der Waals surface area contributed by atoms with Crippen molar-refractivity contribution in [2.75, 3.05) is 0 Å². The minimum atomic E-state index is 0. The summed E-state index contributed by atoms with van der Waals surface area (Å²) in [5.74, 6) is 0.533. The summed E-state index contributed by atoms with van der Waals surface area (Å²) in [7, 11) is 0. The summed E-state index contributed by atoms with van der Waals surface area (Å²) in [6, 6.07) is 4.58. The van der Waals surface area contributed by atoms with E-state index in [1.165, 1.54) is 11.1 Å². The van der Waals surface area contributed by atoms with E-state index in [0.29, 0.717) is 5.92 Å². The molecule has 0 fully saturated rings. The molecular weight excluding hydrogens is 382 g/mol. The minimum Gasteiger partial charge on any atom is -1.00 e. The topological polar surface area (TPSA) is 0 Å². The van der Waals surface area contributed by atoms with Crippen LogP contribution in [0, 0.1) is 0 Å². The molecule has 1 aromatic rings. The first-order valence-electron chi connectivity index (χ1n) is 6.74. The summed E-state index contributed by atoms with van der Waals surface area (Å²) in [5, 5.41) is 0. The molecule has 110 valence electrons. The second-order valence-corrected chi connectivity index (χ2v) is 14.2. The van der Waals surface area contributed by atoms with Crippen LogP contribution in [-0.2, 0) is 36.2 Å². The zero-order valence-corrected chi connectivity index (χ0v) is 17.7. The van der Waals surface area contributed by atoms with Crippen LogP contribution in [0.3, 0.4) is 0 Å². The van der Waals surface area contributed by atoms with Gasteiger partial charge in [-0.05, 0) is 5.92 Å². The zero-order chi connectivity index (χ0) is 13.5. The molecule has 0 unspecified atom stereocenters. The molecule has 0 N–H and O–H groups in total. The summed E-state index contributed by atoms with van der Waals surface area (Å²) in [4.78, 5) is 0. The number of hydrogen-bond acceptors (Lipinski definition) is 0. The van der Waals surface area contributed by atoms with Crippen molar-refractivity contribution in [3.63, 3.8) is 0 Å². The fraction of sp³-hybridized carbons (Fsp3) is 0.438. The van der Waals surface area contributed by atoms with Gasteiger partial charge in [0.1, 0.15) is 0 Å². The fourth-order valence-corrected chi connectivity index (χ4v) is 2.29. The Balaban J connectivity index is 0. The van der Waals surface area contributed by atoms with E-state index in [9.17, 15) is 0 Å². The predicted octanol–water partition coefficient (Wildman–Crippen LogP) is -1.47. The first kappa shape index (κ1) is 22.8. The molecule has 1 aliphatic carbocycles. The first-order valence-corrected chi connectivity index (χ1v) is 12.9. The van der Waals surface area contributed by atoms with Crippen molar-refractivity contribution in [2.45, 2.75) is 45.7 Å². The Morgan fingerprint density at radius 3 is 2.05 bits per heavy atom. The van der Waals surface area contributed by atoms with Gasteiger partial charge in [0.05, 0.1) is 0 Å². The SMILES string of the molecule is CCc1c(C2C=CC=C2)cc[c-]1CC.C[Si](C)=[Zr+2].[Cl-].[Cl-]. The average molecular weight is 406 g/mol. The molecule has 2 rings (SSSR count). The number of aryl methyl sites for hydroxylation is 1. The van der Waals surface area contributed by atoms with Gasteiger partial charge in [0.15, 0.2) is 0 Å². The maximum atomic E-state index is 2.31. The van der Waals surface area contributed by atoms with Gasteiger partial charge in [-0.15, -0.1) is 0 Å². The molecule has 0 amide bonds. The molecule has 0 saturated heterocycles. The van der Waals surface area contributed by atoms with Crippen molar-refractivity contribution < 1.29 is 48.1 Å². The maximum absolute atomic E-state index is 2.31. The number of allylic oxidation sites excluding steroid dienone is 4. The van der Waals surface area contributed by atoms with E-state index < -0.39 is 0 Å². The van der Waals surface area contributed by atoms with Crippen LogP contribution in [0.5, 0.6) is 0 Å². The van der Waals surface area contributed by atoms with Crippen LogP contribution in [-0.4, -0.2) is 5.43 Å². The van der Waals surface area contributed by atoms with Crippen LogP contribution in [0.4, 0.5) is 0 Å². The molecule has 0 spiro atoms. The summed E-state index contributed by atoms with van der Waals surface area (Å²) in [5.41, 5.74) is 4.81. The zero-order valence-electron chi connectivity index (χ0n) is 12.7. The number of halogens is 2. The summed E-state index contributed by atoms with van der Waals surface area (Å²) < 4.78 is 0. The van der Waals surface area contributed by atoms with Crippen molar-refractivity contribution in [3.05, 3.63) is 53.1 Å². The van der Waals surface area contributed by atoms with Gasteiger partial charge >= 0.3 is 41.9 Å². The van der Waals surface area contributed by atoms with Gasteiger partial charge in [-0.1, -0.05) is 51.0 Å². The van der Waals surface area contributed by atoms with E-state index in [2.05, 4.69) is 63.4 Å². The second kappa shape index (κ2) is 12.1. The van der Waals surface area contributed by atoms with E-state index in [4.69, 9.17) is 0 Å². The van der Waals surface area contributed by atoms with Crippen molar-refractivity contribution in [1.82, 2.24) is 0 Å². The maximum Gasteiger partial charge on any atom is -1.00 e. The van der Waals surface area contributed by atoms with Gasteiger partial charge in [0, 0.05) is 0 Å². The molecular formula is C16H23Cl2SiZr-. The van der Waals surface area contributed by atoms with Crippen molar-refractivity contribution in [3.8, 4) is 0 Å². The van der Waals surface area contributed by atoms with Crippen molar-refractivity contribution >= 4 is 5.43 Å². The van der Waals surface area contributed by atoms with Crippen LogP contribution in [0.1, 0.15) is 36.5 Å². The Morgan fingerprint density at radius 2 is 1.65 bits per heavy atom. The van der Waals surface area contributed by atoms with Crippen LogP contribution >= 0.6 is 0 Å². The number of rotatable bonds is 3. The molecule has 0 radical (unpaired) electrons. The van der Waals surface area contributed by atoms with Crippen LogP contribution in [0.2, 0.25) is 13.1 Å². The Hall–Kier alpha value is 0.510. The second-order valence-electron chi connectivity index (χ2n) is 4.80. The first-order chi connectivity index (χ1) is 8.60. The number of hydrogen-bond donors (Lipinski definition) is 0. The standard InChI is InChI=1S/C14H17.C2H6Si.2ClH.Zr/c1-3-11-9-10-14(13(11)4-2)12-7-5-6-8-12;1-3-2;;;/h5-10,12H,3-4H2,1-2H3;1-2H3;2*1H;/q-1;;;;+2/p-2.